The van der Waals surface area contributed by atoms with Crippen LogP contribution in [0.25, 0.3) is 0 Å². The molecule has 1 atom stereocenters. The molecule has 2 rings (SSSR count). The average Bonchev–Trinajstić information content (AvgIpc) is 3.12. The lowest BCUT2D eigenvalue weighted by molar-refractivity contribution is 0.218. The van der Waals surface area contributed by atoms with Gasteiger partial charge in [-0.3, -0.25) is 4.79 Å². The van der Waals surface area contributed by atoms with Crippen LogP contribution in [0.15, 0.2) is 10.9 Å². The second kappa shape index (κ2) is 4.49. The molecule has 5 nitrogen and oxygen atoms in total. The second-order valence-corrected chi connectivity index (χ2v) is 4.99. The largest absolute Gasteiger partial charge is 0.394 e. The minimum atomic E-state index is -0.429. The summed E-state index contributed by atoms with van der Waals surface area (Å²) in [5.41, 5.74) is -0.567. The number of rotatable bonds is 5. The van der Waals surface area contributed by atoms with Crippen LogP contribution in [0.1, 0.15) is 44.9 Å². The van der Waals surface area contributed by atoms with Gasteiger partial charge < -0.3 is 15.4 Å². The first-order valence-corrected chi connectivity index (χ1v) is 6.06. The Morgan fingerprint density at radius 3 is 2.88 bits per heavy atom. The van der Waals surface area contributed by atoms with Gasteiger partial charge in [0.25, 0.3) is 5.56 Å². The number of hydrogen-bond acceptors (Lipinski definition) is 4. The van der Waals surface area contributed by atoms with Crippen molar-refractivity contribution in [2.45, 2.75) is 44.6 Å². The summed E-state index contributed by atoms with van der Waals surface area (Å²) >= 11 is 0. The van der Waals surface area contributed by atoms with E-state index in [0.717, 1.165) is 25.1 Å². The molecule has 0 aliphatic heterocycles. The van der Waals surface area contributed by atoms with Crippen LogP contribution in [0.4, 0.5) is 5.82 Å². The van der Waals surface area contributed by atoms with Crippen molar-refractivity contribution in [3.05, 3.63) is 22.2 Å². The van der Waals surface area contributed by atoms with Gasteiger partial charge in [0.05, 0.1) is 12.1 Å². The number of nitrogens with one attached hydrogen (secondary N) is 2. The highest BCUT2D eigenvalue weighted by Crippen LogP contribution is 2.37. The number of H-pyrrole nitrogens is 1. The van der Waals surface area contributed by atoms with Gasteiger partial charge in [0.1, 0.15) is 11.6 Å². The van der Waals surface area contributed by atoms with Crippen molar-refractivity contribution in [3.8, 4) is 0 Å². The number of anilines is 1. The van der Waals surface area contributed by atoms with Gasteiger partial charge in [0, 0.05) is 12.0 Å². The van der Waals surface area contributed by atoms with E-state index in [1.54, 1.807) is 0 Å². The van der Waals surface area contributed by atoms with E-state index in [2.05, 4.69) is 15.3 Å². The van der Waals surface area contributed by atoms with Crippen LogP contribution in [0.5, 0.6) is 0 Å². The summed E-state index contributed by atoms with van der Waals surface area (Å²) in [6.07, 6.45) is 2.95. The van der Waals surface area contributed by atoms with Gasteiger partial charge in [-0.2, -0.15) is 0 Å². The normalized spacial score (nSPS) is 18.8. The Hall–Kier alpha value is -1.36. The fraction of sp³-hybridized carbons (Fsp3) is 0.667. The van der Waals surface area contributed by atoms with Crippen LogP contribution in [0, 0.1) is 0 Å². The van der Waals surface area contributed by atoms with Gasteiger partial charge in [-0.25, -0.2) is 4.98 Å². The standard InChI is InChI=1S/C12H19N3O2/c1-3-12(2,7-16)15-9-6-10(17)14-11(13-9)8-4-5-8/h6,8,16H,3-5,7H2,1-2H3,(H2,13,14,15,17). The van der Waals surface area contributed by atoms with Gasteiger partial charge in [0.2, 0.25) is 0 Å². The number of aliphatic hydroxyl groups excluding tert-OH is 1. The monoisotopic (exact) mass is 237 g/mol. The SMILES string of the molecule is CCC(C)(CO)Nc1cc(=O)[nH]c(C2CC2)n1. The summed E-state index contributed by atoms with van der Waals surface area (Å²) in [5, 5.41) is 12.5. The van der Waals surface area contributed by atoms with Gasteiger partial charge in [-0.15, -0.1) is 0 Å². The van der Waals surface area contributed by atoms with Crippen molar-refractivity contribution in [2.75, 3.05) is 11.9 Å². The van der Waals surface area contributed by atoms with Crippen LogP contribution in [0.2, 0.25) is 0 Å². The number of nitrogens with zero attached hydrogens (tertiary/aromatic N) is 1. The van der Waals surface area contributed by atoms with Crippen LogP contribution >= 0.6 is 0 Å². The summed E-state index contributed by atoms with van der Waals surface area (Å²) in [6, 6.07) is 1.44. The maximum Gasteiger partial charge on any atom is 0.252 e. The van der Waals surface area contributed by atoms with E-state index in [9.17, 15) is 9.90 Å². The van der Waals surface area contributed by atoms with Crippen molar-refractivity contribution in [3.63, 3.8) is 0 Å². The van der Waals surface area contributed by atoms with E-state index in [1.165, 1.54) is 6.07 Å². The quantitative estimate of drug-likeness (QED) is 0.719. The Labute approximate surface area is 100 Å². The average molecular weight is 237 g/mol. The zero-order chi connectivity index (χ0) is 12.5. The summed E-state index contributed by atoms with van der Waals surface area (Å²) in [5.74, 6) is 1.72. The zero-order valence-electron chi connectivity index (χ0n) is 10.3. The molecule has 1 aliphatic rings. The number of aromatic amines is 1. The van der Waals surface area contributed by atoms with E-state index in [-0.39, 0.29) is 12.2 Å². The molecule has 1 unspecified atom stereocenters. The maximum atomic E-state index is 11.5. The Balaban J connectivity index is 2.23. The minimum Gasteiger partial charge on any atom is -0.394 e. The lowest BCUT2D eigenvalue weighted by Gasteiger charge is -2.27. The highest BCUT2D eigenvalue weighted by atomic mass is 16.3. The van der Waals surface area contributed by atoms with Crippen molar-refractivity contribution in [1.82, 2.24) is 9.97 Å². The number of aliphatic hydroxyl groups is 1. The maximum absolute atomic E-state index is 11.5. The third-order valence-electron chi connectivity index (χ3n) is 3.28. The molecule has 1 saturated carbocycles. The highest BCUT2D eigenvalue weighted by molar-refractivity contribution is 5.37. The lowest BCUT2D eigenvalue weighted by Crippen LogP contribution is -2.38. The van der Waals surface area contributed by atoms with Gasteiger partial charge in [-0.1, -0.05) is 6.92 Å². The molecular formula is C12H19N3O2. The molecular weight excluding hydrogens is 218 g/mol. The van der Waals surface area contributed by atoms with E-state index in [1.807, 2.05) is 13.8 Å². The van der Waals surface area contributed by atoms with Crippen LogP contribution in [-0.4, -0.2) is 27.2 Å². The fourth-order valence-corrected chi connectivity index (χ4v) is 1.64. The molecule has 1 aromatic rings. The Morgan fingerprint density at radius 1 is 1.65 bits per heavy atom. The molecule has 5 heteroatoms. The third-order valence-corrected chi connectivity index (χ3v) is 3.28. The van der Waals surface area contributed by atoms with Crippen molar-refractivity contribution < 1.29 is 5.11 Å². The third kappa shape index (κ3) is 2.85. The highest BCUT2D eigenvalue weighted by Gasteiger charge is 2.27. The van der Waals surface area contributed by atoms with Crippen molar-refractivity contribution in [2.24, 2.45) is 0 Å². The molecule has 0 bridgehead atoms. The van der Waals surface area contributed by atoms with Gasteiger partial charge in [-0.05, 0) is 26.2 Å². The Bertz CT molecular complexity index is 447. The summed E-state index contributed by atoms with van der Waals surface area (Å²) in [6.45, 7) is 3.90. The van der Waals surface area contributed by atoms with E-state index in [0.29, 0.717) is 11.7 Å². The van der Waals surface area contributed by atoms with Crippen molar-refractivity contribution >= 4 is 5.82 Å². The predicted molar refractivity (Wildman–Crippen MR) is 66.2 cm³/mol. The lowest BCUT2D eigenvalue weighted by atomic mass is 10.0. The van der Waals surface area contributed by atoms with E-state index in [4.69, 9.17) is 0 Å². The summed E-state index contributed by atoms with van der Waals surface area (Å²) in [4.78, 5) is 18.7. The molecule has 0 radical (unpaired) electrons. The van der Waals surface area contributed by atoms with Crippen molar-refractivity contribution in [1.29, 1.82) is 0 Å². The first-order chi connectivity index (χ1) is 8.06. The van der Waals surface area contributed by atoms with Crippen LogP contribution < -0.4 is 10.9 Å². The molecule has 3 N–H and O–H groups in total. The molecule has 0 aromatic carbocycles. The fourth-order valence-electron chi connectivity index (χ4n) is 1.64. The molecule has 94 valence electrons. The number of aromatic nitrogens is 2. The van der Waals surface area contributed by atoms with Gasteiger partial charge >= 0.3 is 0 Å². The Morgan fingerprint density at radius 2 is 2.35 bits per heavy atom. The van der Waals surface area contributed by atoms with E-state index >= 15 is 0 Å². The molecule has 0 amide bonds. The molecule has 1 fully saturated rings. The van der Waals surface area contributed by atoms with Crippen LogP contribution in [-0.2, 0) is 0 Å². The molecule has 1 aliphatic carbocycles. The molecule has 0 saturated heterocycles. The molecule has 1 heterocycles. The first-order valence-electron chi connectivity index (χ1n) is 6.06. The minimum absolute atomic E-state index is 0.0107. The molecule has 0 spiro atoms. The Kier molecular flexibility index (Phi) is 3.19. The zero-order valence-corrected chi connectivity index (χ0v) is 10.3. The molecule has 1 aromatic heterocycles. The number of hydrogen-bond donors (Lipinski definition) is 3. The molecule has 17 heavy (non-hydrogen) atoms. The second-order valence-electron chi connectivity index (χ2n) is 4.99. The van der Waals surface area contributed by atoms with Crippen LogP contribution in [0.3, 0.4) is 0 Å². The summed E-state index contributed by atoms with van der Waals surface area (Å²) in [7, 11) is 0. The smallest absolute Gasteiger partial charge is 0.252 e. The topological polar surface area (TPSA) is 78.0 Å². The first kappa shape index (κ1) is 12.1. The summed E-state index contributed by atoms with van der Waals surface area (Å²) < 4.78 is 0. The van der Waals surface area contributed by atoms with Gasteiger partial charge in [0.15, 0.2) is 0 Å². The predicted octanol–water partition coefficient (Wildman–Crippen LogP) is 1.22. The van der Waals surface area contributed by atoms with E-state index < -0.39 is 5.54 Å².